The first kappa shape index (κ1) is 9.43. The quantitative estimate of drug-likeness (QED) is 0.681. The van der Waals surface area contributed by atoms with Crippen molar-refractivity contribution in [1.82, 2.24) is 0 Å². The van der Waals surface area contributed by atoms with Crippen LogP contribution in [0, 0.1) is 0 Å². The molecule has 0 unspecified atom stereocenters. The predicted octanol–water partition coefficient (Wildman–Crippen LogP) is 2.28. The maximum absolute atomic E-state index is 12.2. The maximum Gasteiger partial charge on any atom is 0.509 e. The van der Waals surface area contributed by atoms with Crippen LogP contribution in [0.1, 0.15) is 12.8 Å². The van der Waals surface area contributed by atoms with E-state index in [0.717, 1.165) is 25.0 Å². The van der Waals surface area contributed by atoms with Gasteiger partial charge in [-0.15, -0.1) is 5.46 Å². The standard InChI is InChI=1S/C9H9BF3O/c11-10(12,13)7-1-3-8(4-2-7)14-9-5-6-9/h1-4,9H,5-6H2/q-1. The zero-order valence-electron chi connectivity index (χ0n) is 7.42. The van der Waals surface area contributed by atoms with Crippen molar-refractivity contribution in [1.29, 1.82) is 0 Å². The number of rotatable bonds is 3. The average Bonchev–Trinajstić information content (AvgIpc) is 2.88. The van der Waals surface area contributed by atoms with Gasteiger partial charge in [0.25, 0.3) is 0 Å². The van der Waals surface area contributed by atoms with E-state index in [2.05, 4.69) is 0 Å². The van der Waals surface area contributed by atoms with E-state index in [1.807, 2.05) is 0 Å². The van der Waals surface area contributed by atoms with E-state index in [1.165, 1.54) is 12.1 Å². The SMILES string of the molecule is F[B-](F)(F)c1ccc(OC2CC2)cc1. The Kier molecular flexibility index (Phi) is 2.17. The van der Waals surface area contributed by atoms with Crippen LogP contribution in [0.25, 0.3) is 0 Å². The summed E-state index contributed by atoms with van der Waals surface area (Å²) in [5.41, 5.74) is -0.576. The van der Waals surface area contributed by atoms with Gasteiger partial charge < -0.3 is 17.7 Å². The van der Waals surface area contributed by atoms with Gasteiger partial charge in [0.15, 0.2) is 0 Å². The van der Waals surface area contributed by atoms with Crippen LogP contribution in [-0.4, -0.2) is 13.1 Å². The van der Waals surface area contributed by atoms with E-state index in [0.29, 0.717) is 5.75 Å². The monoisotopic (exact) mass is 201 g/mol. The summed E-state index contributed by atoms with van der Waals surface area (Å²) in [4.78, 5) is 0. The largest absolute Gasteiger partial charge is 0.509 e. The van der Waals surface area contributed by atoms with Gasteiger partial charge in [-0.2, -0.15) is 0 Å². The highest BCUT2D eigenvalue weighted by Gasteiger charge is 2.26. The fraction of sp³-hybridized carbons (Fsp3) is 0.333. The zero-order valence-corrected chi connectivity index (χ0v) is 7.42. The first-order chi connectivity index (χ1) is 6.55. The van der Waals surface area contributed by atoms with Gasteiger partial charge in [0.1, 0.15) is 5.75 Å². The van der Waals surface area contributed by atoms with Gasteiger partial charge in [-0.05, 0) is 25.0 Å². The molecule has 0 N–H and O–H groups in total. The van der Waals surface area contributed by atoms with Crippen molar-refractivity contribution in [3.8, 4) is 5.75 Å². The molecule has 0 radical (unpaired) electrons. The van der Waals surface area contributed by atoms with E-state index in [1.54, 1.807) is 0 Å². The molecule has 14 heavy (non-hydrogen) atoms. The van der Waals surface area contributed by atoms with Crippen LogP contribution in [0.5, 0.6) is 5.75 Å². The fourth-order valence-corrected chi connectivity index (χ4v) is 1.14. The molecule has 0 heterocycles. The third kappa shape index (κ3) is 2.22. The van der Waals surface area contributed by atoms with Crippen LogP contribution < -0.4 is 10.2 Å². The minimum atomic E-state index is -4.88. The third-order valence-electron chi connectivity index (χ3n) is 2.09. The molecule has 0 saturated heterocycles. The van der Waals surface area contributed by atoms with Crippen LogP contribution >= 0.6 is 0 Å². The normalized spacial score (nSPS) is 16.8. The summed E-state index contributed by atoms with van der Waals surface area (Å²) in [6, 6.07) is 4.89. The minimum Gasteiger partial charge on any atom is -0.490 e. The van der Waals surface area contributed by atoms with E-state index < -0.39 is 12.4 Å². The van der Waals surface area contributed by atoms with Crippen molar-refractivity contribution >= 4 is 12.4 Å². The highest BCUT2D eigenvalue weighted by molar-refractivity contribution is 6.73. The van der Waals surface area contributed by atoms with Crippen LogP contribution in [0.15, 0.2) is 24.3 Å². The van der Waals surface area contributed by atoms with Crippen LogP contribution in [0.2, 0.25) is 0 Å². The first-order valence-electron chi connectivity index (χ1n) is 4.52. The van der Waals surface area contributed by atoms with Gasteiger partial charge in [-0.25, -0.2) is 0 Å². The average molecular weight is 201 g/mol. The zero-order chi connectivity index (χ0) is 10.2. The molecular formula is C9H9BF3O-. The molecule has 2 rings (SSSR count). The molecule has 76 valence electrons. The summed E-state index contributed by atoms with van der Waals surface area (Å²) in [5.74, 6) is 0.524. The Bertz CT molecular complexity index is 316. The molecule has 1 aromatic carbocycles. The summed E-state index contributed by atoms with van der Waals surface area (Å²) < 4.78 is 42.0. The Labute approximate surface area is 79.9 Å². The Morgan fingerprint density at radius 1 is 1.07 bits per heavy atom. The molecule has 0 aromatic heterocycles. The Morgan fingerprint density at radius 2 is 1.64 bits per heavy atom. The fourth-order valence-electron chi connectivity index (χ4n) is 1.14. The van der Waals surface area contributed by atoms with Crippen LogP contribution in [-0.2, 0) is 0 Å². The Hall–Kier alpha value is -1.13. The lowest BCUT2D eigenvalue weighted by Gasteiger charge is -2.14. The van der Waals surface area contributed by atoms with Crippen molar-refractivity contribution < 1.29 is 17.7 Å². The van der Waals surface area contributed by atoms with Gasteiger partial charge in [-0.3, -0.25) is 0 Å². The lowest BCUT2D eigenvalue weighted by molar-refractivity contribution is 0.303. The van der Waals surface area contributed by atoms with Gasteiger partial charge in [0, 0.05) is 0 Å². The van der Waals surface area contributed by atoms with E-state index >= 15 is 0 Å². The highest BCUT2D eigenvalue weighted by atomic mass is 19.4. The molecule has 1 aliphatic rings. The molecule has 0 amide bonds. The van der Waals surface area contributed by atoms with Crippen molar-refractivity contribution in [2.24, 2.45) is 0 Å². The van der Waals surface area contributed by atoms with Crippen molar-refractivity contribution in [2.45, 2.75) is 18.9 Å². The van der Waals surface area contributed by atoms with Gasteiger partial charge in [0.05, 0.1) is 6.10 Å². The predicted molar refractivity (Wildman–Crippen MR) is 48.8 cm³/mol. The molecule has 1 fully saturated rings. The van der Waals surface area contributed by atoms with E-state index in [4.69, 9.17) is 4.74 Å². The second kappa shape index (κ2) is 3.22. The smallest absolute Gasteiger partial charge is 0.490 e. The topological polar surface area (TPSA) is 9.23 Å². The summed E-state index contributed by atoms with van der Waals surface area (Å²) in [7, 11) is 0. The van der Waals surface area contributed by atoms with Crippen LogP contribution in [0.3, 0.4) is 0 Å². The Balaban J connectivity index is 2.08. The molecule has 0 spiro atoms. The summed E-state index contributed by atoms with van der Waals surface area (Å²) in [6.07, 6.45) is 2.23. The van der Waals surface area contributed by atoms with E-state index in [9.17, 15) is 12.9 Å². The maximum atomic E-state index is 12.2. The number of hydrogen-bond donors (Lipinski definition) is 0. The number of hydrogen-bond acceptors (Lipinski definition) is 1. The second-order valence-corrected chi connectivity index (χ2v) is 3.46. The summed E-state index contributed by atoms with van der Waals surface area (Å²) in [5, 5.41) is 0. The summed E-state index contributed by atoms with van der Waals surface area (Å²) >= 11 is 0. The number of halogens is 3. The molecule has 0 atom stereocenters. The Morgan fingerprint density at radius 3 is 2.07 bits per heavy atom. The number of benzene rings is 1. The molecule has 1 aromatic rings. The number of ether oxygens (including phenoxy) is 1. The van der Waals surface area contributed by atoms with Gasteiger partial charge >= 0.3 is 6.98 Å². The first-order valence-corrected chi connectivity index (χ1v) is 4.52. The second-order valence-electron chi connectivity index (χ2n) is 3.46. The van der Waals surface area contributed by atoms with E-state index in [-0.39, 0.29) is 6.10 Å². The lowest BCUT2D eigenvalue weighted by atomic mass is 9.80. The molecular weight excluding hydrogens is 192 g/mol. The molecule has 1 nitrogen and oxygen atoms in total. The molecule has 0 aliphatic heterocycles. The van der Waals surface area contributed by atoms with Gasteiger partial charge in [0.2, 0.25) is 0 Å². The van der Waals surface area contributed by atoms with Crippen LogP contribution in [0.4, 0.5) is 12.9 Å². The lowest BCUT2D eigenvalue weighted by Crippen LogP contribution is -2.33. The minimum absolute atomic E-state index is 0.220. The molecule has 5 heteroatoms. The molecule has 1 saturated carbocycles. The molecule has 1 aliphatic carbocycles. The summed E-state index contributed by atoms with van der Waals surface area (Å²) in [6.45, 7) is -4.88. The van der Waals surface area contributed by atoms with Gasteiger partial charge in [-0.1, -0.05) is 12.1 Å². The molecule has 0 bridgehead atoms. The highest BCUT2D eigenvalue weighted by Crippen LogP contribution is 2.26. The van der Waals surface area contributed by atoms with Crippen molar-refractivity contribution in [2.75, 3.05) is 0 Å². The van der Waals surface area contributed by atoms with Crippen molar-refractivity contribution in [3.63, 3.8) is 0 Å². The third-order valence-corrected chi connectivity index (χ3v) is 2.09. The van der Waals surface area contributed by atoms with Crippen molar-refractivity contribution in [3.05, 3.63) is 24.3 Å².